The van der Waals surface area contributed by atoms with Crippen LogP contribution in [0.2, 0.25) is 0 Å². The van der Waals surface area contributed by atoms with Gasteiger partial charge in [0.05, 0.1) is 57.7 Å². The normalized spacial score (nSPS) is 13.1. The molecule has 292 valence electrons. The maximum atomic E-state index is 9.12. The Kier molecular flexibility index (Phi) is 18.2. The van der Waals surface area contributed by atoms with Crippen molar-refractivity contribution in [3.05, 3.63) is 95.6 Å². The molecule has 1 atom stereocenters. The highest BCUT2D eigenvalue weighted by Crippen LogP contribution is 2.48. The summed E-state index contributed by atoms with van der Waals surface area (Å²) < 4.78 is 40.7. The first kappa shape index (κ1) is 44.4. The zero-order chi connectivity index (χ0) is 38.9. The minimum absolute atomic E-state index is 0.247. The molecule has 0 bridgehead atoms. The van der Waals surface area contributed by atoms with Crippen LogP contribution in [0.3, 0.4) is 0 Å². The molecule has 3 aromatic rings. The predicted octanol–water partition coefficient (Wildman–Crippen LogP) is 11.2. The van der Waals surface area contributed by atoms with Crippen molar-refractivity contribution in [1.82, 2.24) is 4.67 Å². The molecule has 3 aromatic carbocycles. The van der Waals surface area contributed by atoms with E-state index in [2.05, 4.69) is 115 Å². The monoisotopic (exact) mass is 748 g/mol. The molecule has 0 fully saturated rings. The number of hydrogen-bond acceptors (Lipinski definition) is 8. The first-order chi connectivity index (χ1) is 25.5. The second-order valence-electron chi connectivity index (χ2n) is 14.1. The van der Waals surface area contributed by atoms with Crippen LogP contribution in [0, 0.1) is 11.3 Å². The largest absolute Gasteiger partial charge is 0.497 e. The maximum absolute atomic E-state index is 9.12. The summed E-state index contributed by atoms with van der Waals surface area (Å²) in [4.78, 5) is 0. The second-order valence-corrected chi connectivity index (χ2v) is 15.6. The summed E-state index contributed by atoms with van der Waals surface area (Å²) in [5.74, 6) is 1.58. The number of benzene rings is 3. The molecule has 8 nitrogen and oxygen atoms in total. The van der Waals surface area contributed by atoms with Crippen molar-refractivity contribution >= 4 is 8.53 Å². The van der Waals surface area contributed by atoms with Gasteiger partial charge in [0, 0.05) is 18.5 Å². The lowest BCUT2D eigenvalue weighted by atomic mass is 9.78. The van der Waals surface area contributed by atoms with E-state index in [4.69, 9.17) is 33.3 Å². The Balaban J connectivity index is 1.94. The Hall–Kier alpha value is -3.02. The molecule has 0 spiro atoms. The van der Waals surface area contributed by atoms with Gasteiger partial charge in [0.15, 0.2) is 0 Å². The summed E-state index contributed by atoms with van der Waals surface area (Å²) in [6, 6.07) is 29.6. The first-order valence-corrected chi connectivity index (χ1v) is 20.6. The summed E-state index contributed by atoms with van der Waals surface area (Å²) in [5, 5.41) is 9.12. The SMILES string of the molecule is CCC(CC)(CCOP(OCCC#N)N(C(C)C)C(C)C)OCCC(CC)(CC)OC(c1ccccc1)(c1ccc(OC)cc1)c1ccc(OC)cc1. The Labute approximate surface area is 322 Å². The Morgan fingerprint density at radius 3 is 1.51 bits per heavy atom. The van der Waals surface area contributed by atoms with E-state index < -0.39 is 19.7 Å². The zero-order valence-corrected chi connectivity index (χ0v) is 34.9. The van der Waals surface area contributed by atoms with E-state index in [1.54, 1.807) is 14.2 Å². The molecular weight excluding hydrogens is 683 g/mol. The molecule has 9 heteroatoms. The lowest BCUT2D eigenvalue weighted by Crippen LogP contribution is -2.45. The van der Waals surface area contributed by atoms with Gasteiger partial charge in [-0.15, -0.1) is 0 Å². The van der Waals surface area contributed by atoms with Crippen LogP contribution in [0.25, 0.3) is 0 Å². The van der Waals surface area contributed by atoms with Crippen molar-refractivity contribution in [2.45, 2.75) is 129 Å². The number of nitriles is 1. The molecule has 0 N–H and O–H groups in total. The molecule has 0 heterocycles. The van der Waals surface area contributed by atoms with E-state index in [-0.39, 0.29) is 17.7 Å². The molecule has 1 unspecified atom stereocenters. The Bertz CT molecular complexity index is 1430. The lowest BCUT2D eigenvalue weighted by Gasteiger charge is -2.45. The van der Waals surface area contributed by atoms with E-state index in [0.717, 1.165) is 60.3 Å². The summed E-state index contributed by atoms with van der Waals surface area (Å²) >= 11 is 0. The molecular formula is C44H65N2O6P. The fraction of sp³-hybridized carbons (Fsp3) is 0.568. The van der Waals surface area contributed by atoms with E-state index in [1.807, 2.05) is 30.3 Å². The van der Waals surface area contributed by atoms with Crippen molar-refractivity contribution in [3.63, 3.8) is 0 Å². The van der Waals surface area contributed by atoms with Gasteiger partial charge in [-0.2, -0.15) is 5.26 Å². The average molecular weight is 749 g/mol. The number of rotatable bonds is 25. The lowest BCUT2D eigenvalue weighted by molar-refractivity contribution is -0.152. The van der Waals surface area contributed by atoms with E-state index >= 15 is 0 Å². The van der Waals surface area contributed by atoms with Crippen LogP contribution < -0.4 is 9.47 Å². The third-order valence-electron chi connectivity index (χ3n) is 10.5. The standard InChI is InChI=1S/C44H65N2O6P/c1-11-42(12-2,30-34-51-53(50-32-18-31-45)46(35(5)6)36(7)8)49-33-29-43(13-3,14-4)52-44(37-19-16-15-17-20-37,38-21-25-40(47-9)26-22-38)39-23-27-41(48-10)28-24-39/h15-17,19-28,35-36H,11-14,18,29-30,32-34H2,1-10H3. The highest BCUT2D eigenvalue weighted by atomic mass is 31.2. The molecule has 0 aliphatic carbocycles. The van der Waals surface area contributed by atoms with Crippen molar-refractivity contribution in [2.24, 2.45) is 0 Å². The van der Waals surface area contributed by atoms with Gasteiger partial charge in [-0.1, -0.05) is 82.3 Å². The fourth-order valence-corrected chi connectivity index (χ4v) is 8.67. The quantitative estimate of drug-likeness (QED) is 0.0481. The number of hydrogen-bond donors (Lipinski definition) is 0. The van der Waals surface area contributed by atoms with Crippen molar-refractivity contribution in [2.75, 3.05) is 34.0 Å². The number of methoxy groups -OCH3 is 2. The summed E-state index contributed by atoms with van der Waals surface area (Å²) in [5.41, 5.74) is 1.28. The van der Waals surface area contributed by atoms with Gasteiger partial charge >= 0.3 is 0 Å². The van der Waals surface area contributed by atoms with Gasteiger partial charge in [-0.05, 0) is 101 Å². The fourth-order valence-electron chi connectivity index (χ4n) is 7.08. The van der Waals surface area contributed by atoms with Gasteiger partial charge in [0.25, 0.3) is 8.53 Å². The zero-order valence-electron chi connectivity index (χ0n) is 34.0. The molecule has 0 saturated carbocycles. The topological polar surface area (TPSA) is 82.4 Å². The predicted molar refractivity (Wildman–Crippen MR) is 216 cm³/mol. The van der Waals surface area contributed by atoms with Crippen LogP contribution in [-0.4, -0.2) is 62.0 Å². The van der Waals surface area contributed by atoms with Crippen molar-refractivity contribution in [1.29, 1.82) is 5.26 Å². The van der Waals surface area contributed by atoms with Crippen LogP contribution in [-0.2, 0) is 24.1 Å². The van der Waals surface area contributed by atoms with Crippen molar-refractivity contribution in [3.8, 4) is 17.6 Å². The second kappa shape index (κ2) is 21.8. The molecule has 0 saturated heterocycles. The highest BCUT2D eigenvalue weighted by Gasteiger charge is 2.45. The van der Waals surface area contributed by atoms with Crippen LogP contribution in [0.5, 0.6) is 11.5 Å². The van der Waals surface area contributed by atoms with Crippen LogP contribution >= 0.6 is 8.53 Å². The number of nitrogens with zero attached hydrogens (tertiary/aromatic N) is 2. The average Bonchev–Trinajstić information content (AvgIpc) is 3.19. The maximum Gasteiger partial charge on any atom is 0.259 e. The molecule has 0 aliphatic rings. The van der Waals surface area contributed by atoms with E-state index in [9.17, 15) is 0 Å². The third kappa shape index (κ3) is 11.5. The van der Waals surface area contributed by atoms with Crippen molar-refractivity contribution < 1.29 is 28.0 Å². The van der Waals surface area contributed by atoms with Crippen LogP contribution in [0.15, 0.2) is 78.9 Å². The smallest absolute Gasteiger partial charge is 0.259 e. The minimum Gasteiger partial charge on any atom is -0.497 e. The first-order valence-electron chi connectivity index (χ1n) is 19.4. The van der Waals surface area contributed by atoms with Gasteiger partial charge in [-0.3, -0.25) is 0 Å². The summed E-state index contributed by atoms with van der Waals surface area (Å²) in [6.45, 7) is 18.8. The molecule has 0 aliphatic heterocycles. The summed E-state index contributed by atoms with van der Waals surface area (Å²) in [7, 11) is 2.06. The number of ether oxygens (including phenoxy) is 4. The highest BCUT2D eigenvalue weighted by molar-refractivity contribution is 7.44. The van der Waals surface area contributed by atoms with Crippen LogP contribution in [0.4, 0.5) is 0 Å². The summed E-state index contributed by atoms with van der Waals surface area (Å²) in [6.07, 6.45) is 5.10. The Morgan fingerprint density at radius 1 is 0.623 bits per heavy atom. The van der Waals surface area contributed by atoms with E-state index in [1.165, 1.54) is 0 Å². The van der Waals surface area contributed by atoms with Gasteiger partial charge in [-0.25, -0.2) is 4.67 Å². The van der Waals surface area contributed by atoms with Gasteiger partial charge in [0.2, 0.25) is 0 Å². The molecule has 0 radical (unpaired) electrons. The molecule has 0 aromatic heterocycles. The van der Waals surface area contributed by atoms with E-state index in [0.29, 0.717) is 32.7 Å². The van der Waals surface area contributed by atoms with Gasteiger partial charge in [0.1, 0.15) is 17.1 Å². The molecule has 53 heavy (non-hydrogen) atoms. The molecule has 3 rings (SSSR count). The van der Waals surface area contributed by atoms with Gasteiger partial charge < -0.3 is 28.0 Å². The Morgan fingerprint density at radius 2 is 1.08 bits per heavy atom. The minimum atomic E-state index is -1.31. The molecule has 0 amide bonds. The van der Waals surface area contributed by atoms with Crippen LogP contribution in [0.1, 0.15) is 117 Å². The third-order valence-corrected chi connectivity index (χ3v) is 12.6.